The van der Waals surface area contributed by atoms with Gasteiger partial charge in [-0.1, -0.05) is 30.3 Å². The van der Waals surface area contributed by atoms with Crippen LogP contribution in [0.2, 0.25) is 0 Å². The first-order valence-corrected chi connectivity index (χ1v) is 6.74. The van der Waals surface area contributed by atoms with E-state index in [0.29, 0.717) is 17.8 Å². The second-order valence-corrected chi connectivity index (χ2v) is 5.04. The lowest BCUT2D eigenvalue weighted by Gasteiger charge is -2.11. The van der Waals surface area contributed by atoms with Crippen molar-refractivity contribution in [3.8, 4) is 22.8 Å². The van der Waals surface area contributed by atoms with Crippen molar-refractivity contribution in [2.45, 2.75) is 13.5 Å². The molecule has 0 saturated heterocycles. The lowest BCUT2D eigenvalue weighted by atomic mass is 10.1. The number of nitrogens with zero attached hydrogens (tertiary/aromatic N) is 2. The van der Waals surface area contributed by atoms with Gasteiger partial charge in [-0.25, -0.2) is 0 Å². The summed E-state index contributed by atoms with van der Waals surface area (Å²) in [6.07, 6.45) is 1.66. The standard InChI is InChI=1S/C17H16N2O2/c1-12-9-15(20)17(16(21)10-12)14-7-8-18-19(14)11-13-5-3-2-4-6-13/h2-10,20-21H,11H2,1H3. The summed E-state index contributed by atoms with van der Waals surface area (Å²) >= 11 is 0. The van der Waals surface area contributed by atoms with E-state index in [4.69, 9.17) is 0 Å². The fourth-order valence-electron chi connectivity index (χ4n) is 2.44. The second-order valence-electron chi connectivity index (χ2n) is 5.04. The maximum absolute atomic E-state index is 10.1. The fourth-order valence-corrected chi connectivity index (χ4v) is 2.44. The Kier molecular flexibility index (Phi) is 3.36. The van der Waals surface area contributed by atoms with Gasteiger partial charge in [0.1, 0.15) is 11.5 Å². The molecular formula is C17H16N2O2. The van der Waals surface area contributed by atoms with Gasteiger partial charge in [-0.3, -0.25) is 4.68 Å². The number of hydrogen-bond donors (Lipinski definition) is 2. The Hall–Kier alpha value is -2.75. The highest BCUT2D eigenvalue weighted by atomic mass is 16.3. The van der Waals surface area contributed by atoms with E-state index in [1.165, 1.54) is 0 Å². The summed E-state index contributed by atoms with van der Waals surface area (Å²) in [7, 11) is 0. The van der Waals surface area contributed by atoms with Crippen molar-refractivity contribution in [2.75, 3.05) is 0 Å². The minimum atomic E-state index is 0.0577. The van der Waals surface area contributed by atoms with Crippen LogP contribution in [0.5, 0.6) is 11.5 Å². The van der Waals surface area contributed by atoms with E-state index < -0.39 is 0 Å². The van der Waals surface area contributed by atoms with Crippen molar-refractivity contribution in [3.05, 3.63) is 65.9 Å². The van der Waals surface area contributed by atoms with Crippen LogP contribution in [-0.4, -0.2) is 20.0 Å². The lowest BCUT2D eigenvalue weighted by molar-refractivity contribution is 0.452. The molecular weight excluding hydrogens is 264 g/mol. The van der Waals surface area contributed by atoms with Gasteiger partial charge in [0.05, 0.1) is 17.8 Å². The van der Waals surface area contributed by atoms with Crippen LogP contribution >= 0.6 is 0 Å². The molecule has 3 rings (SSSR count). The number of aromatic nitrogens is 2. The van der Waals surface area contributed by atoms with Crippen molar-refractivity contribution in [1.29, 1.82) is 0 Å². The Morgan fingerprint density at radius 1 is 1.00 bits per heavy atom. The Balaban J connectivity index is 2.04. The first-order chi connectivity index (χ1) is 10.1. The summed E-state index contributed by atoms with van der Waals surface area (Å²) in [5.41, 5.74) is 3.01. The van der Waals surface area contributed by atoms with Crippen LogP contribution in [-0.2, 0) is 6.54 Å². The van der Waals surface area contributed by atoms with E-state index >= 15 is 0 Å². The molecule has 4 heteroatoms. The van der Waals surface area contributed by atoms with Gasteiger partial charge >= 0.3 is 0 Å². The van der Waals surface area contributed by atoms with Crippen LogP contribution in [0.3, 0.4) is 0 Å². The van der Waals surface area contributed by atoms with Crippen molar-refractivity contribution in [2.24, 2.45) is 0 Å². The van der Waals surface area contributed by atoms with Gasteiger partial charge in [-0.2, -0.15) is 5.10 Å². The first-order valence-electron chi connectivity index (χ1n) is 6.74. The number of phenolic OH excluding ortho intramolecular Hbond substituents is 2. The molecule has 0 aliphatic rings. The summed E-state index contributed by atoms with van der Waals surface area (Å²) in [6, 6.07) is 15.0. The summed E-state index contributed by atoms with van der Waals surface area (Å²) in [6.45, 7) is 2.40. The molecule has 0 fully saturated rings. The number of hydrogen-bond acceptors (Lipinski definition) is 3. The molecule has 106 valence electrons. The maximum atomic E-state index is 10.1. The number of rotatable bonds is 3. The van der Waals surface area contributed by atoms with Crippen LogP contribution in [0.1, 0.15) is 11.1 Å². The zero-order valence-electron chi connectivity index (χ0n) is 11.7. The molecule has 0 unspecified atom stereocenters. The minimum absolute atomic E-state index is 0.0577. The lowest BCUT2D eigenvalue weighted by Crippen LogP contribution is -2.03. The van der Waals surface area contributed by atoms with E-state index in [0.717, 1.165) is 11.1 Å². The molecule has 1 heterocycles. The Labute approximate surface area is 122 Å². The third-order valence-corrected chi connectivity index (χ3v) is 3.39. The number of aromatic hydroxyl groups is 2. The highest BCUT2D eigenvalue weighted by Gasteiger charge is 2.15. The van der Waals surface area contributed by atoms with Crippen LogP contribution in [0.15, 0.2) is 54.7 Å². The molecule has 4 nitrogen and oxygen atoms in total. The highest BCUT2D eigenvalue weighted by molar-refractivity contribution is 5.74. The molecule has 0 aliphatic heterocycles. The topological polar surface area (TPSA) is 58.3 Å². The highest BCUT2D eigenvalue weighted by Crippen LogP contribution is 2.38. The normalized spacial score (nSPS) is 10.7. The smallest absolute Gasteiger partial charge is 0.128 e. The van der Waals surface area contributed by atoms with E-state index in [1.54, 1.807) is 29.1 Å². The number of benzene rings is 2. The quantitative estimate of drug-likeness (QED) is 0.773. The molecule has 0 radical (unpaired) electrons. The Morgan fingerprint density at radius 3 is 2.33 bits per heavy atom. The average molecular weight is 280 g/mol. The number of aryl methyl sites for hydroxylation is 1. The fraction of sp³-hybridized carbons (Fsp3) is 0.118. The van der Waals surface area contributed by atoms with Crippen LogP contribution in [0.25, 0.3) is 11.3 Å². The Morgan fingerprint density at radius 2 is 1.67 bits per heavy atom. The predicted octanol–water partition coefficient (Wildman–Crippen LogP) is 3.32. The average Bonchev–Trinajstić information content (AvgIpc) is 2.87. The molecule has 2 aromatic carbocycles. The van der Waals surface area contributed by atoms with Gasteiger partial charge in [0.2, 0.25) is 0 Å². The third-order valence-electron chi connectivity index (χ3n) is 3.39. The summed E-state index contributed by atoms with van der Waals surface area (Å²) < 4.78 is 1.76. The summed E-state index contributed by atoms with van der Waals surface area (Å²) in [4.78, 5) is 0. The largest absolute Gasteiger partial charge is 0.507 e. The molecule has 21 heavy (non-hydrogen) atoms. The van der Waals surface area contributed by atoms with Gasteiger partial charge in [0.25, 0.3) is 0 Å². The summed E-state index contributed by atoms with van der Waals surface area (Å²) in [5, 5.41) is 24.6. The van der Waals surface area contributed by atoms with E-state index in [-0.39, 0.29) is 11.5 Å². The number of phenols is 2. The van der Waals surface area contributed by atoms with Crippen molar-refractivity contribution in [1.82, 2.24) is 9.78 Å². The molecule has 0 aliphatic carbocycles. The van der Waals surface area contributed by atoms with Crippen molar-refractivity contribution < 1.29 is 10.2 Å². The molecule has 0 amide bonds. The van der Waals surface area contributed by atoms with Gasteiger partial charge < -0.3 is 10.2 Å². The molecule has 3 aromatic rings. The van der Waals surface area contributed by atoms with Gasteiger partial charge in [0.15, 0.2) is 0 Å². The van der Waals surface area contributed by atoms with Crippen LogP contribution in [0, 0.1) is 6.92 Å². The first kappa shape index (κ1) is 13.2. The molecule has 1 aromatic heterocycles. The monoisotopic (exact) mass is 280 g/mol. The summed E-state index contributed by atoms with van der Waals surface area (Å²) in [5.74, 6) is 0.115. The van der Waals surface area contributed by atoms with Gasteiger partial charge in [-0.15, -0.1) is 0 Å². The van der Waals surface area contributed by atoms with Gasteiger partial charge in [-0.05, 0) is 36.2 Å². The second kappa shape index (κ2) is 5.32. The van der Waals surface area contributed by atoms with Crippen LogP contribution < -0.4 is 0 Å². The molecule has 2 N–H and O–H groups in total. The zero-order chi connectivity index (χ0) is 14.8. The van der Waals surface area contributed by atoms with E-state index in [9.17, 15) is 10.2 Å². The predicted molar refractivity (Wildman–Crippen MR) is 81.3 cm³/mol. The molecule has 0 bridgehead atoms. The molecule has 0 atom stereocenters. The Bertz CT molecular complexity index is 740. The van der Waals surface area contributed by atoms with Crippen LogP contribution in [0.4, 0.5) is 0 Å². The molecule has 0 saturated carbocycles. The van der Waals surface area contributed by atoms with E-state index in [1.807, 2.05) is 37.3 Å². The third kappa shape index (κ3) is 2.60. The molecule has 0 spiro atoms. The SMILES string of the molecule is Cc1cc(O)c(-c2ccnn2Cc2ccccc2)c(O)c1. The van der Waals surface area contributed by atoms with Crippen molar-refractivity contribution in [3.63, 3.8) is 0 Å². The van der Waals surface area contributed by atoms with E-state index in [2.05, 4.69) is 5.10 Å². The maximum Gasteiger partial charge on any atom is 0.128 e. The van der Waals surface area contributed by atoms with Crippen molar-refractivity contribution >= 4 is 0 Å². The van der Waals surface area contributed by atoms with Gasteiger partial charge in [0, 0.05) is 6.20 Å². The zero-order valence-corrected chi connectivity index (χ0v) is 11.7. The minimum Gasteiger partial charge on any atom is -0.507 e.